The maximum absolute atomic E-state index is 12.4. The summed E-state index contributed by atoms with van der Waals surface area (Å²) in [4.78, 5) is 23.5. The van der Waals surface area contributed by atoms with Crippen LogP contribution >= 0.6 is 0 Å². The highest BCUT2D eigenvalue weighted by molar-refractivity contribution is 5.94. The predicted molar refractivity (Wildman–Crippen MR) is 114 cm³/mol. The van der Waals surface area contributed by atoms with Crippen molar-refractivity contribution in [2.24, 2.45) is 0 Å². The van der Waals surface area contributed by atoms with E-state index in [2.05, 4.69) is 48.3 Å². The molecule has 150 valence electrons. The number of hydrogen-bond donors (Lipinski definition) is 2. The second-order valence-corrected chi connectivity index (χ2v) is 8.07. The quantitative estimate of drug-likeness (QED) is 0.701. The van der Waals surface area contributed by atoms with E-state index in [0.29, 0.717) is 18.4 Å². The Morgan fingerprint density at radius 2 is 2.14 bits per heavy atom. The molecule has 1 aliphatic carbocycles. The van der Waals surface area contributed by atoms with Gasteiger partial charge in [0.2, 0.25) is 5.91 Å². The van der Waals surface area contributed by atoms with Gasteiger partial charge in [0.1, 0.15) is 11.6 Å². The van der Waals surface area contributed by atoms with E-state index >= 15 is 0 Å². The van der Waals surface area contributed by atoms with Crippen LogP contribution in [0.3, 0.4) is 0 Å². The zero-order valence-corrected chi connectivity index (χ0v) is 16.7. The van der Waals surface area contributed by atoms with E-state index in [9.17, 15) is 4.79 Å². The molecule has 0 saturated heterocycles. The number of benzene rings is 1. The molecule has 7 nitrogen and oxygen atoms in total. The average Bonchev–Trinajstić information content (AvgIpc) is 3.10. The van der Waals surface area contributed by atoms with Gasteiger partial charge in [0.05, 0.1) is 25.0 Å². The van der Waals surface area contributed by atoms with E-state index < -0.39 is 0 Å². The second kappa shape index (κ2) is 7.57. The Morgan fingerprint density at radius 3 is 2.97 bits per heavy atom. The standard InChI is InChI=1S/C22H26N6O/c1-27(18-3-2-4-18)14-22(29)26-20-10-17-9-15(5-6-16(17)11-24-20)19-12-25-21-13-23-7-8-28(19)21/h5-6,9-12,18,23H,2-4,7-8,13-14H2,1H3,(H,24,26,29). The highest BCUT2D eigenvalue weighted by atomic mass is 16.2. The molecular weight excluding hydrogens is 364 g/mol. The number of pyridine rings is 1. The van der Waals surface area contributed by atoms with Crippen LogP contribution in [-0.4, -0.2) is 51.5 Å². The first-order valence-electron chi connectivity index (χ1n) is 10.3. The molecule has 0 spiro atoms. The van der Waals surface area contributed by atoms with Gasteiger partial charge >= 0.3 is 0 Å². The molecule has 5 rings (SSSR count). The molecule has 3 heterocycles. The molecule has 29 heavy (non-hydrogen) atoms. The number of nitrogens with one attached hydrogen (secondary N) is 2. The predicted octanol–water partition coefficient (Wildman–Crippen LogP) is 2.62. The van der Waals surface area contributed by atoms with Crippen molar-refractivity contribution in [3.8, 4) is 11.3 Å². The fourth-order valence-electron chi connectivity index (χ4n) is 4.16. The first-order valence-corrected chi connectivity index (χ1v) is 10.3. The fraction of sp³-hybridized carbons (Fsp3) is 0.409. The van der Waals surface area contributed by atoms with E-state index in [1.807, 2.05) is 25.5 Å². The average molecular weight is 390 g/mol. The molecule has 2 aromatic heterocycles. The number of aromatic nitrogens is 3. The summed E-state index contributed by atoms with van der Waals surface area (Å²) in [5.74, 6) is 1.66. The molecule has 0 unspecified atom stereocenters. The molecule has 1 aromatic carbocycles. The number of carbonyl (C=O) groups excluding carboxylic acids is 1. The van der Waals surface area contributed by atoms with Gasteiger partial charge < -0.3 is 15.2 Å². The Kier molecular flexibility index (Phi) is 4.77. The maximum Gasteiger partial charge on any atom is 0.239 e. The van der Waals surface area contributed by atoms with Crippen molar-refractivity contribution in [3.63, 3.8) is 0 Å². The third kappa shape index (κ3) is 3.63. The summed E-state index contributed by atoms with van der Waals surface area (Å²) in [6.45, 7) is 3.09. The number of fused-ring (bicyclic) bond motifs is 2. The van der Waals surface area contributed by atoms with Crippen LogP contribution in [0.2, 0.25) is 0 Å². The lowest BCUT2D eigenvalue weighted by atomic mass is 9.92. The summed E-state index contributed by atoms with van der Waals surface area (Å²) in [7, 11) is 2.02. The van der Waals surface area contributed by atoms with Crippen LogP contribution in [-0.2, 0) is 17.9 Å². The Labute approximate surface area is 170 Å². The van der Waals surface area contributed by atoms with Crippen molar-refractivity contribution >= 4 is 22.5 Å². The largest absolute Gasteiger partial charge is 0.326 e. The van der Waals surface area contributed by atoms with Gasteiger partial charge in [0.15, 0.2) is 0 Å². The molecular formula is C22H26N6O. The van der Waals surface area contributed by atoms with Gasteiger partial charge in [-0.2, -0.15) is 0 Å². The lowest BCUT2D eigenvalue weighted by Crippen LogP contribution is -2.41. The van der Waals surface area contributed by atoms with Gasteiger partial charge in [-0.25, -0.2) is 9.97 Å². The third-order valence-electron chi connectivity index (χ3n) is 6.11. The van der Waals surface area contributed by atoms with Crippen LogP contribution in [0.15, 0.2) is 36.7 Å². The summed E-state index contributed by atoms with van der Waals surface area (Å²) >= 11 is 0. The molecule has 0 bridgehead atoms. The normalized spacial score (nSPS) is 16.6. The lowest BCUT2D eigenvalue weighted by molar-refractivity contribution is -0.117. The molecule has 1 fully saturated rings. The summed E-state index contributed by atoms with van der Waals surface area (Å²) in [6, 6.07) is 8.84. The fourth-order valence-corrected chi connectivity index (χ4v) is 4.16. The number of hydrogen-bond acceptors (Lipinski definition) is 5. The van der Waals surface area contributed by atoms with Crippen LogP contribution in [0.25, 0.3) is 22.0 Å². The van der Waals surface area contributed by atoms with Crippen LogP contribution in [0.1, 0.15) is 25.1 Å². The van der Waals surface area contributed by atoms with E-state index in [-0.39, 0.29) is 5.91 Å². The van der Waals surface area contributed by atoms with Crippen molar-refractivity contribution in [2.45, 2.75) is 38.4 Å². The van der Waals surface area contributed by atoms with Crippen molar-refractivity contribution in [2.75, 3.05) is 25.5 Å². The minimum atomic E-state index is -0.0141. The van der Waals surface area contributed by atoms with Crippen molar-refractivity contribution in [1.29, 1.82) is 0 Å². The van der Waals surface area contributed by atoms with Gasteiger partial charge in [-0.15, -0.1) is 0 Å². The van der Waals surface area contributed by atoms with Crippen molar-refractivity contribution in [3.05, 3.63) is 42.5 Å². The van der Waals surface area contributed by atoms with E-state index in [4.69, 9.17) is 0 Å². The van der Waals surface area contributed by atoms with Gasteiger partial charge in [0.25, 0.3) is 0 Å². The number of nitrogens with zero attached hydrogens (tertiary/aromatic N) is 4. The van der Waals surface area contributed by atoms with Gasteiger partial charge in [-0.05, 0) is 37.4 Å². The second-order valence-electron chi connectivity index (χ2n) is 8.07. The SMILES string of the molecule is CN(CC(=O)Nc1cc2cc(-c3cnc4n3CCNC4)ccc2cn1)C1CCC1. The number of anilines is 1. The number of rotatable bonds is 5. The van der Waals surface area contributed by atoms with Crippen LogP contribution in [0.5, 0.6) is 0 Å². The molecule has 1 aliphatic heterocycles. The van der Waals surface area contributed by atoms with E-state index in [1.165, 1.54) is 19.3 Å². The Balaban J connectivity index is 1.36. The lowest BCUT2D eigenvalue weighted by Gasteiger charge is -2.34. The minimum Gasteiger partial charge on any atom is -0.326 e. The molecule has 7 heteroatoms. The maximum atomic E-state index is 12.4. The Morgan fingerprint density at radius 1 is 1.24 bits per heavy atom. The molecule has 3 aromatic rings. The van der Waals surface area contributed by atoms with Crippen LogP contribution in [0.4, 0.5) is 5.82 Å². The topological polar surface area (TPSA) is 75.1 Å². The summed E-state index contributed by atoms with van der Waals surface area (Å²) in [5.41, 5.74) is 2.26. The van der Waals surface area contributed by atoms with Crippen molar-refractivity contribution < 1.29 is 4.79 Å². The van der Waals surface area contributed by atoms with Gasteiger partial charge in [0, 0.05) is 36.3 Å². The monoisotopic (exact) mass is 390 g/mol. The number of carbonyl (C=O) groups is 1. The van der Waals surface area contributed by atoms with Crippen LogP contribution in [0, 0.1) is 0 Å². The molecule has 0 radical (unpaired) electrons. The van der Waals surface area contributed by atoms with E-state index in [0.717, 1.165) is 47.5 Å². The van der Waals surface area contributed by atoms with Crippen LogP contribution < -0.4 is 10.6 Å². The molecule has 2 N–H and O–H groups in total. The summed E-state index contributed by atoms with van der Waals surface area (Å²) in [5, 5.41) is 8.42. The highest BCUT2D eigenvalue weighted by Crippen LogP contribution is 2.27. The van der Waals surface area contributed by atoms with Gasteiger partial charge in [-0.3, -0.25) is 9.69 Å². The smallest absolute Gasteiger partial charge is 0.239 e. The van der Waals surface area contributed by atoms with E-state index in [1.54, 1.807) is 0 Å². The molecule has 0 atom stereocenters. The highest BCUT2D eigenvalue weighted by Gasteiger charge is 2.23. The minimum absolute atomic E-state index is 0.0141. The third-order valence-corrected chi connectivity index (χ3v) is 6.11. The Hall–Kier alpha value is -2.77. The molecule has 1 amide bonds. The molecule has 2 aliphatic rings. The van der Waals surface area contributed by atoms with Crippen molar-refractivity contribution in [1.82, 2.24) is 24.8 Å². The summed E-state index contributed by atoms with van der Waals surface area (Å²) < 4.78 is 2.28. The number of likely N-dealkylation sites (N-methyl/N-ethyl adjacent to an activating group) is 1. The molecule has 1 saturated carbocycles. The number of amides is 1. The zero-order valence-electron chi connectivity index (χ0n) is 16.7. The first kappa shape index (κ1) is 18.3. The number of imidazole rings is 1. The first-order chi connectivity index (χ1) is 14.2. The van der Waals surface area contributed by atoms with Gasteiger partial charge in [-0.1, -0.05) is 18.6 Å². The zero-order chi connectivity index (χ0) is 19.8. The Bertz CT molecular complexity index is 1050. The summed E-state index contributed by atoms with van der Waals surface area (Å²) in [6.07, 6.45) is 7.41.